The van der Waals surface area contributed by atoms with Crippen molar-refractivity contribution in [3.63, 3.8) is 0 Å². The van der Waals surface area contributed by atoms with Gasteiger partial charge in [-0.2, -0.15) is 5.10 Å². The van der Waals surface area contributed by atoms with Gasteiger partial charge in [-0.05, 0) is 0 Å². The Balaban J connectivity index is 2.04. The van der Waals surface area contributed by atoms with E-state index in [-0.39, 0.29) is 5.69 Å². The number of nitrogens with one attached hydrogen (secondary N) is 1. The Morgan fingerprint density at radius 3 is 3.00 bits per heavy atom. The highest BCUT2D eigenvalue weighted by molar-refractivity contribution is 5.95. The fourth-order valence-corrected chi connectivity index (χ4v) is 1.29. The quantitative estimate of drug-likeness (QED) is 0.695. The normalized spacial score (nSPS) is 16.9. The molecule has 2 rings (SSSR count). The summed E-state index contributed by atoms with van der Waals surface area (Å²) in [5.41, 5.74) is 5.63. The Hall–Kier alpha value is -1.96. The van der Waals surface area contributed by atoms with E-state index in [1.807, 2.05) is 0 Å². The predicted octanol–water partition coefficient (Wildman–Crippen LogP) is -0.161. The average Bonchev–Trinajstić information content (AvgIpc) is 2.76. The fraction of sp³-hybridized carbons (Fsp3) is 0.500. The third-order valence-electron chi connectivity index (χ3n) is 2.13. The number of primary amides is 1. The summed E-state index contributed by atoms with van der Waals surface area (Å²) in [6, 6.07) is 0. The second-order valence-electron chi connectivity index (χ2n) is 3.25. The minimum Gasteiger partial charge on any atom is -0.378 e. The van der Waals surface area contributed by atoms with E-state index in [0.717, 1.165) is 0 Å². The van der Waals surface area contributed by atoms with Crippen molar-refractivity contribution in [1.82, 2.24) is 15.2 Å². The molecule has 0 atom stereocenters. The van der Waals surface area contributed by atoms with Crippen molar-refractivity contribution >= 4 is 11.6 Å². The van der Waals surface area contributed by atoms with Crippen LogP contribution in [0.3, 0.4) is 0 Å². The molecule has 8 heteroatoms. The van der Waals surface area contributed by atoms with Crippen molar-refractivity contribution in [3.8, 4) is 0 Å². The fourth-order valence-electron chi connectivity index (χ4n) is 1.29. The molecule has 0 spiro atoms. The molecule has 1 fully saturated rings. The van der Waals surface area contributed by atoms with Gasteiger partial charge in [-0.15, -0.1) is 5.11 Å². The lowest BCUT2D eigenvalue weighted by Crippen LogP contribution is -2.31. The lowest BCUT2D eigenvalue weighted by atomic mass is 10.4. The summed E-state index contributed by atoms with van der Waals surface area (Å²) < 4.78 is 5.16. The number of hydrogen-bond acceptors (Lipinski definition) is 5. The van der Waals surface area contributed by atoms with Crippen LogP contribution < -0.4 is 5.73 Å². The van der Waals surface area contributed by atoms with Gasteiger partial charge in [-0.1, -0.05) is 5.22 Å². The van der Waals surface area contributed by atoms with Crippen LogP contribution in [-0.2, 0) is 4.74 Å². The summed E-state index contributed by atoms with van der Waals surface area (Å²) in [5.74, 6) is -0.603. The summed E-state index contributed by atoms with van der Waals surface area (Å²) in [4.78, 5) is 10.9. The van der Waals surface area contributed by atoms with Gasteiger partial charge in [0.1, 0.15) is 5.69 Å². The van der Waals surface area contributed by atoms with Crippen LogP contribution in [-0.4, -0.2) is 47.4 Å². The minimum atomic E-state index is -0.603. The first kappa shape index (κ1) is 10.6. The molecule has 0 unspecified atom stereocenters. The van der Waals surface area contributed by atoms with Gasteiger partial charge in [0.15, 0.2) is 5.69 Å². The molecule has 1 amide bonds. The molecule has 0 aliphatic carbocycles. The summed E-state index contributed by atoms with van der Waals surface area (Å²) in [7, 11) is 0. The number of aromatic amines is 1. The smallest absolute Gasteiger partial charge is 0.269 e. The van der Waals surface area contributed by atoms with Crippen LogP contribution in [0.4, 0.5) is 5.69 Å². The topological polar surface area (TPSA) is 109 Å². The number of morpholine rings is 1. The zero-order valence-electron chi connectivity index (χ0n) is 8.59. The summed E-state index contributed by atoms with van der Waals surface area (Å²) in [5, 5.41) is 15.8. The second-order valence-corrected chi connectivity index (χ2v) is 3.25. The van der Waals surface area contributed by atoms with Crippen molar-refractivity contribution in [1.29, 1.82) is 0 Å². The molecule has 0 saturated carbocycles. The molecule has 3 N–H and O–H groups in total. The van der Waals surface area contributed by atoms with E-state index in [1.54, 1.807) is 5.01 Å². The van der Waals surface area contributed by atoms with E-state index in [4.69, 9.17) is 10.5 Å². The van der Waals surface area contributed by atoms with Crippen LogP contribution in [0.15, 0.2) is 16.5 Å². The number of nitrogens with two attached hydrogens (primary N) is 1. The third kappa shape index (κ3) is 2.34. The van der Waals surface area contributed by atoms with E-state index in [2.05, 4.69) is 20.5 Å². The molecule has 1 saturated heterocycles. The number of nitrogens with zero attached hydrogens (tertiary/aromatic N) is 4. The average molecular weight is 224 g/mol. The van der Waals surface area contributed by atoms with Gasteiger partial charge < -0.3 is 10.5 Å². The maximum atomic E-state index is 10.9. The molecule has 86 valence electrons. The lowest BCUT2D eigenvalue weighted by Gasteiger charge is -2.22. The first-order valence-corrected chi connectivity index (χ1v) is 4.85. The minimum absolute atomic E-state index is 0.164. The van der Waals surface area contributed by atoms with Gasteiger partial charge in [0.05, 0.1) is 32.5 Å². The summed E-state index contributed by atoms with van der Waals surface area (Å²) in [6.07, 6.45) is 1.41. The Morgan fingerprint density at radius 2 is 2.31 bits per heavy atom. The Kier molecular flexibility index (Phi) is 3.10. The van der Waals surface area contributed by atoms with Crippen molar-refractivity contribution in [2.75, 3.05) is 26.3 Å². The van der Waals surface area contributed by atoms with Gasteiger partial charge in [-0.25, -0.2) is 0 Å². The van der Waals surface area contributed by atoms with Crippen molar-refractivity contribution in [2.45, 2.75) is 0 Å². The number of aromatic nitrogens is 2. The molecule has 0 aromatic carbocycles. The van der Waals surface area contributed by atoms with Crippen molar-refractivity contribution in [2.24, 2.45) is 16.1 Å². The molecule has 1 aliphatic heterocycles. The molecule has 0 bridgehead atoms. The Bertz CT molecular complexity index is 395. The number of rotatable bonds is 3. The molecule has 8 nitrogen and oxygen atoms in total. The number of H-pyrrole nitrogens is 1. The molecule has 0 radical (unpaired) electrons. The van der Waals surface area contributed by atoms with Crippen LogP contribution in [0, 0.1) is 0 Å². The molecular formula is C8H12N6O2. The third-order valence-corrected chi connectivity index (χ3v) is 2.13. The van der Waals surface area contributed by atoms with Crippen molar-refractivity contribution < 1.29 is 9.53 Å². The van der Waals surface area contributed by atoms with Gasteiger partial charge in [0, 0.05) is 0 Å². The van der Waals surface area contributed by atoms with E-state index >= 15 is 0 Å². The molecule has 1 aromatic heterocycles. The maximum Gasteiger partial charge on any atom is 0.269 e. The summed E-state index contributed by atoms with van der Waals surface area (Å²) in [6.45, 7) is 2.64. The molecule has 1 aliphatic rings. The number of carbonyl (C=O) groups is 1. The Labute approximate surface area is 91.4 Å². The van der Waals surface area contributed by atoms with Gasteiger partial charge >= 0.3 is 0 Å². The first-order chi connectivity index (χ1) is 7.77. The molecular weight excluding hydrogens is 212 g/mol. The summed E-state index contributed by atoms with van der Waals surface area (Å²) >= 11 is 0. The van der Waals surface area contributed by atoms with E-state index in [9.17, 15) is 4.79 Å². The number of carbonyl (C=O) groups excluding carboxylic acids is 1. The highest BCUT2D eigenvalue weighted by Crippen LogP contribution is 2.16. The van der Waals surface area contributed by atoms with Crippen LogP contribution in [0.5, 0.6) is 0 Å². The molecule has 16 heavy (non-hydrogen) atoms. The van der Waals surface area contributed by atoms with Crippen LogP contribution >= 0.6 is 0 Å². The lowest BCUT2D eigenvalue weighted by molar-refractivity contribution is 0.0353. The predicted molar refractivity (Wildman–Crippen MR) is 54.0 cm³/mol. The maximum absolute atomic E-state index is 10.9. The van der Waals surface area contributed by atoms with Crippen LogP contribution in [0.1, 0.15) is 10.5 Å². The Morgan fingerprint density at radius 1 is 1.56 bits per heavy atom. The van der Waals surface area contributed by atoms with Crippen LogP contribution in [0.2, 0.25) is 0 Å². The van der Waals surface area contributed by atoms with E-state index in [1.165, 1.54) is 6.20 Å². The standard InChI is InChI=1S/C8H12N6O2/c9-8(15)7-6(5-10-12-7)11-13-14-1-3-16-4-2-14/h5H,1-4H2,(H2,9,15)(H,10,12). The number of ether oxygens (including phenoxy) is 1. The highest BCUT2D eigenvalue weighted by Gasteiger charge is 2.11. The van der Waals surface area contributed by atoms with Crippen LogP contribution in [0.25, 0.3) is 0 Å². The van der Waals surface area contributed by atoms with E-state index in [0.29, 0.717) is 32.0 Å². The molecule has 2 heterocycles. The van der Waals surface area contributed by atoms with E-state index < -0.39 is 5.91 Å². The molecule has 1 aromatic rings. The van der Waals surface area contributed by atoms with Gasteiger partial charge in [0.2, 0.25) is 0 Å². The second kappa shape index (κ2) is 4.71. The van der Waals surface area contributed by atoms with Gasteiger partial charge in [0.25, 0.3) is 5.91 Å². The van der Waals surface area contributed by atoms with Gasteiger partial charge in [-0.3, -0.25) is 14.9 Å². The number of hydrogen-bond donors (Lipinski definition) is 2. The first-order valence-electron chi connectivity index (χ1n) is 4.85. The monoisotopic (exact) mass is 224 g/mol. The van der Waals surface area contributed by atoms with Crippen molar-refractivity contribution in [3.05, 3.63) is 11.9 Å². The zero-order valence-corrected chi connectivity index (χ0v) is 8.59. The largest absolute Gasteiger partial charge is 0.378 e. The SMILES string of the molecule is NC(=O)c1[nH]ncc1N=NN1CCOCC1. The highest BCUT2D eigenvalue weighted by atomic mass is 16.5. The number of amides is 1. The zero-order chi connectivity index (χ0) is 11.4.